The van der Waals surface area contributed by atoms with Crippen molar-refractivity contribution in [1.82, 2.24) is 9.80 Å². The zero-order valence-corrected chi connectivity index (χ0v) is 17.3. The molecule has 1 unspecified atom stereocenters. The van der Waals surface area contributed by atoms with E-state index in [4.69, 9.17) is 0 Å². The molecule has 0 fully saturated rings. The molecule has 0 aliphatic rings. The van der Waals surface area contributed by atoms with E-state index in [9.17, 15) is 5.11 Å². The van der Waals surface area contributed by atoms with E-state index in [1.807, 2.05) is 19.2 Å². The molecule has 0 spiro atoms. The van der Waals surface area contributed by atoms with Crippen LogP contribution in [0.5, 0.6) is 0 Å². The lowest BCUT2D eigenvalue weighted by Gasteiger charge is -2.26. The fraction of sp³-hybridized carbons (Fsp3) is 0.818. The van der Waals surface area contributed by atoms with Crippen molar-refractivity contribution in [3.63, 3.8) is 0 Å². The molecule has 25 heavy (non-hydrogen) atoms. The van der Waals surface area contributed by atoms with Gasteiger partial charge in [-0.2, -0.15) is 0 Å². The fourth-order valence-corrected chi connectivity index (χ4v) is 3.15. The summed E-state index contributed by atoms with van der Waals surface area (Å²) in [5, 5.41) is 10.3. The number of nitrogens with zero attached hydrogens (tertiary/aromatic N) is 2. The van der Waals surface area contributed by atoms with Gasteiger partial charge in [-0.25, -0.2) is 0 Å². The van der Waals surface area contributed by atoms with Gasteiger partial charge in [-0.15, -0.1) is 0 Å². The van der Waals surface area contributed by atoms with Crippen molar-refractivity contribution in [2.24, 2.45) is 0 Å². The first-order chi connectivity index (χ1) is 12.2. The predicted molar refractivity (Wildman–Crippen MR) is 112 cm³/mol. The SMILES string of the molecule is C=CN(/C=C\C)CCCN(CCCCCCC)CC(O)CCCCC. The summed E-state index contributed by atoms with van der Waals surface area (Å²) in [6.07, 6.45) is 18.0. The number of allylic oxidation sites excluding steroid dienone is 1. The van der Waals surface area contributed by atoms with Gasteiger partial charge < -0.3 is 14.9 Å². The van der Waals surface area contributed by atoms with Crippen molar-refractivity contribution >= 4 is 0 Å². The number of rotatable bonds is 18. The van der Waals surface area contributed by atoms with Gasteiger partial charge in [-0.1, -0.05) is 71.4 Å². The van der Waals surface area contributed by atoms with Crippen LogP contribution in [0.3, 0.4) is 0 Å². The summed E-state index contributed by atoms with van der Waals surface area (Å²) in [6.45, 7) is 14.4. The van der Waals surface area contributed by atoms with E-state index in [0.717, 1.165) is 45.4 Å². The largest absolute Gasteiger partial charge is 0.392 e. The Labute approximate surface area is 157 Å². The second-order valence-corrected chi connectivity index (χ2v) is 7.12. The Kier molecular flexibility index (Phi) is 17.4. The van der Waals surface area contributed by atoms with Crippen LogP contribution in [0.1, 0.15) is 85.0 Å². The second kappa shape index (κ2) is 18.0. The smallest absolute Gasteiger partial charge is 0.0667 e. The first-order valence-corrected chi connectivity index (χ1v) is 10.6. The molecule has 1 N–H and O–H groups in total. The van der Waals surface area contributed by atoms with Gasteiger partial charge in [0.2, 0.25) is 0 Å². The lowest BCUT2D eigenvalue weighted by Crippen LogP contribution is -2.35. The van der Waals surface area contributed by atoms with Crippen molar-refractivity contribution in [3.05, 3.63) is 25.1 Å². The van der Waals surface area contributed by atoms with Gasteiger partial charge in [0, 0.05) is 13.1 Å². The molecule has 0 heterocycles. The number of hydrogen-bond donors (Lipinski definition) is 1. The normalized spacial score (nSPS) is 12.8. The van der Waals surface area contributed by atoms with Crippen LogP contribution >= 0.6 is 0 Å². The molecule has 0 radical (unpaired) electrons. The summed E-state index contributed by atoms with van der Waals surface area (Å²) >= 11 is 0. The lowest BCUT2D eigenvalue weighted by molar-refractivity contribution is 0.100. The van der Waals surface area contributed by atoms with Gasteiger partial charge in [-0.3, -0.25) is 0 Å². The Morgan fingerprint density at radius 2 is 1.52 bits per heavy atom. The van der Waals surface area contributed by atoms with Crippen LogP contribution in [0.4, 0.5) is 0 Å². The van der Waals surface area contributed by atoms with Crippen LogP contribution in [-0.4, -0.2) is 47.2 Å². The van der Waals surface area contributed by atoms with Gasteiger partial charge >= 0.3 is 0 Å². The number of hydrogen-bond acceptors (Lipinski definition) is 3. The number of unbranched alkanes of at least 4 members (excludes halogenated alkanes) is 6. The highest BCUT2D eigenvalue weighted by atomic mass is 16.3. The summed E-state index contributed by atoms with van der Waals surface area (Å²) in [6, 6.07) is 0. The zero-order chi connectivity index (χ0) is 18.8. The van der Waals surface area contributed by atoms with Crippen molar-refractivity contribution in [2.45, 2.75) is 91.1 Å². The van der Waals surface area contributed by atoms with Crippen LogP contribution in [0.2, 0.25) is 0 Å². The maximum Gasteiger partial charge on any atom is 0.0667 e. The Hall–Kier alpha value is -0.800. The minimum Gasteiger partial charge on any atom is -0.392 e. The third kappa shape index (κ3) is 15.2. The molecule has 0 amide bonds. The molecule has 0 aromatic carbocycles. The fourth-order valence-electron chi connectivity index (χ4n) is 3.15. The van der Waals surface area contributed by atoms with Crippen LogP contribution in [0.25, 0.3) is 0 Å². The van der Waals surface area contributed by atoms with Crippen molar-refractivity contribution in [1.29, 1.82) is 0 Å². The monoisotopic (exact) mass is 352 g/mol. The molecule has 0 aliphatic carbocycles. The Morgan fingerprint density at radius 3 is 2.16 bits per heavy atom. The van der Waals surface area contributed by atoms with Crippen LogP contribution < -0.4 is 0 Å². The highest BCUT2D eigenvalue weighted by molar-refractivity contribution is 4.85. The predicted octanol–water partition coefficient (Wildman–Crippen LogP) is 5.57. The van der Waals surface area contributed by atoms with Crippen molar-refractivity contribution in [3.8, 4) is 0 Å². The van der Waals surface area contributed by atoms with E-state index in [0.29, 0.717) is 0 Å². The molecule has 0 bridgehead atoms. The average molecular weight is 353 g/mol. The Morgan fingerprint density at radius 1 is 0.880 bits per heavy atom. The maximum absolute atomic E-state index is 10.3. The third-order valence-corrected chi connectivity index (χ3v) is 4.65. The van der Waals surface area contributed by atoms with E-state index in [1.165, 1.54) is 44.9 Å². The van der Waals surface area contributed by atoms with Gasteiger partial charge in [0.05, 0.1) is 6.10 Å². The third-order valence-electron chi connectivity index (χ3n) is 4.65. The topological polar surface area (TPSA) is 26.7 Å². The zero-order valence-electron chi connectivity index (χ0n) is 17.3. The highest BCUT2D eigenvalue weighted by Gasteiger charge is 2.11. The molecule has 1 atom stereocenters. The first kappa shape index (κ1) is 24.2. The molecule has 0 aromatic rings. The van der Waals surface area contributed by atoms with Crippen LogP contribution in [0, 0.1) is 0 Å². The van der Waals surface area contributed by atoms with Gasteiger partial charge in [0.15, 0.2) is 0 Å². The molecule has 3 heteroatoms. The molecule has 0 rings (SSSR count). The van der Waals surface area contributed by atoms with E-state index in [-0.39, 0.29) is 6.10 Å². The number of aliphatic hydroxyl groups excluding tert-OH is 1. The maximum atomic E-state index is 10.3. The summed E-state index contributed by atoms with van der Waals surface area (Å²) in [4.78, 5) is 4.61. The van der Waals surface area contributed by atoms with Gasteiger partial charge in [-0.05, 0) is 51.7 Å². The average Bonchev–Trinajstić information content (AvgIpc) is 2.60. The molecule has 0 saturated heterocycles. The molecule has 0 aliphatic heterocycles. The highest BCUT2D eigenvalue weighted by Crippen LogP contribution is 2.09. The standard InChI is InChI=1S/C22H44N2O/c1-5-9-11-12-14-18-24(21-22(25)16-13-10-6-2)20-15-19-23(8-4)17-7-3/h7-8,17,22,25H,4-6,9-16,18-21H2,1-3H3/b17-7-. The molecule has 148 valence electrons. The lowest BCUT2D eigenvalue weighted by atomic mass is 10.1. The van der Waals surface area contributed by atoms with E-state index in [2.05, 4.69) is 36.4 Å². The Balaban J connectivity index is 4.23. The van der Waals surface area contributed by atoms with E-state index >= 15 is 0 Å². The summed E-state index contributed by atoms with van der Waals surface area (Å²) < 4.78 is 0. The Bertz CT molecular complexity index is 317. The quantitative estimate of drug-likeness (QED) is 0.327. The molecular weight excluding hydrogens is 308 g/mol. The van der Waals surface area contributed by atoms with Gasteiger partial charge in [0.25, 0.3) is 0 Å². The molecule has 0 aromatic heterocycles. The van der Waals surface area contributed by atoms with Gasteiger partial charge in [0.1, 0.15) is 0 Å². The van der Waals surface area contributed by atoms with E-state index < -0.39 is 0 Å². The number of aliphatic hydroxyl groups is 1. The molecular formula is C22H44N2O. The second-order valence-electron chi connectivity index (χ2n) is 7.12. The van der Waals surface area contributed by atoms with Crippen LogP contribution in [-0.2, 0) is 0 Å². The first-order valence-electron chi connectivity index (χ1n) is 10.6. The minimum absolute atomic E-state index is 0.173. The molecule has 0 saturated carbocycles. The van der Waals surface area contributed by atoms with Crippen LogP contribution in [0.15, 0.2) is 25.1 Å². The van der Waals surface area contributed by atoms with Crippen molar-refractivity contribution in [2.75, 3.05) is 26.2 Å². The summed E-state index contributed by atoms with van der Waals surface area (Å²) in [5.74, 6) is 0. The van der Waals surface area contributed by atoms with Crippen molar-refractivity contribution < 1.29 is 5.11 Å². The minimum atomic E-state index is -0.173. The molecule has 3 nitrogen and oxygen atoms in total. The summed E-state index contributed by atoms with van der Waals surface area (Å²) in [5.41, 5.74) is 0. The summed E-state index contributed by atoms with van der Waals surface area (Å²) in [7, 11) is 0. The van der Waals surface area contributed by atoms with E-state index in [1.54, 1.807) is 0 Å².